The van der Waals surface area contributed by atoms with Crippen molar-refractivity contribution >= 4 is 29.9 Å². The molecule has 20 heavy (non-hydrogen) atoms. The van der Waals surface area contributed by atoms with Gasteiger partial charge < -0.3 is 15.4 Å². The molecule has 0 unspecified atom stereocenters. The van der Waals surface area contributed by atoms with Crippen LogP contribution in [-0.4, -0.2) is 31.6 Å². The molecule has 0 heterocycles. The quantitative estimate of drug-likeness (QED) is 0.811. The van der Waals surface area contributed by atoms with Crippen molar-refractivity contribution in [1.29, 1.82) is 0 Å². The van der Waals surface area contributed by atoms with Crippen LogP contribution in [0.2, 0.25) is 5.02 Å². The lowest BCUT2D eigenvalue weighted by molar-refractivity contribution is -0.123. The molecule has 0 saturated carbocycles. The molecule has 0 aromatic heterocycles. The molecule has 1 aromatic carbocycles. The van der Waals surface area contributed by atoms with Crippen molar-refractivity contribution in [3.63, 3.8) is 0 Å². The summed E-state index contributed by atoms with van der Waals surface area (Å²) in [4.78, 5) is 11.6. The Kier molecular flexibility index (Phi) is 9.38. The molecular formula is C14H22Cl2N2O2. The molecule has 1 amide bonds. The molecule has 1 atom stereocenters. The molecule has 6 heteroatoms. The SMILES string of the molecule is CCN[C@H](C)CNC(=O)COc1ccc(Cl)cc1C.Cl. The summed E-state index contributed by atoms with van der Waals surface area (Å²) in [5, 5.41) is 6.70. The molecule has 0 saturated heterocycles. The van der Waals surface area contributed by atoms with E-state index in [1.165, 1.54) is 0 Å². The lowest BCUT2D eigenvalue weighted by atomic mass is 10.2. The normalized spacial score (nSPS) is 11.4. The Labute approximate surface area is 131 Å². The third-order valence-corrected chi connectivity index (χ3v) is 2.89. The molecule has 0 aliphatic heterocycles. The number of hydrogen-bond donors (Lipinski definition) is 2. The zero-order chi connectivity index (χ0) is 14.3. The summed E-state index contributed by atoms with van der Waals surface area (Å²) in [5.41, 5.74) is 0.918. The number of carbonyl (C=O) groups is 1. The Morgan fingerprint density at radius 1 is 1.45 bits per heavy atom. The van der Waals surface area contributed by atoms with E-state index in [0.717, 1.165) is 12.1 Å². The van der Waals surface area contributed by atoms with Crippen LogP contribution >= 0.6 is 24.0 Å². The van der Waals surface area contributed by atoms with Crippen molar-refractivity contribution in [3.05, 3.63) is 28.8 Å². The second kappa shape index (κ2) is 9.86. The molecule has 2 N–H and O–H groups in total. The average Bonchev–Trinajstić information content (AvgIpc) is 2.35. The van der Waals surface area contributed by atoms with Crippen LogP contribution in [0.1, 0.15) is 19.4 Å². The molecule has 0 fully saturated rings. The highest BCUT2D eigenvalue weighted by Crippen LogP contribution is 2.21. The monoisotopic (exact) mass is 320 g/mol. The first-order valence-electron chi connectivity index (χ1n) is 6.42. The Hall–Kier alpha value is -0.970. The first-order chi connectivity index (χ1) is 9.02. The van der Waals surface area contributed by atoms with Crippen LogP contribution in [0.15, 0.2) is 18.2 Å². The fourth-order valence-electron chi connectivity index (χ4n) is 1.66. The Morgan fingerprint density at radius 2 is 2.15 bits per heavy atom. The predicted octanol–water partition coefficient (Wildman–Crippen LogP) is 2.56. The fraction of sp³-hybridized carbons (Fsp3) is 0.500. The smallest absolute Gasteiger partial charge is 0.257 e. The van der Waals surface area contributed by atoms with E-state index >= 15 is 0 Å². The van der Waals surface area contributed by atoms with Crippen LogP contribution in [0.25, 0.3) is 0 Å². The van der Waals surface area contributed by atoms with E-state index in [9.17, 15) is 4.79 Å². The highest BCUT2D eigenvalue weighted by atomic mass is 35.5. The average molecular weight is 321 g/mol. The van der Waals surface area contributed by atoms with Crippen LogP contribution in [0, 0.1) is 6.92 Å². The molecule has 0 spiro atoms. The highest BCUT2D eigenvalue weighted by Gasteiger charge is 2.06. The van der Waals surface area contributed by atoms with E-state index in [2.05, 4.69) is 10.6 Å². The van der Waals surface area contributed by atoms with Gasteiger partial charge in [-0.2, -0.15) is 0 Å². The standard InChI is InChI=1S/C14H21ClN2O2.ClH/c1-4-16-11(3)8-17-14(18)9-19-13-6-5-12(15)7-10(13)2;/h5-7,11,16H,4,8-9H2,1-3H3,(H,17,18);1H/t11-;/m1./s1. The van der Waals surface area contributed by atoms with Crippen molar-refractivity contribution in [2.45, 2.75) is 26.8 Å². The number of likely N-dealkylation sites (N-methyl/N-ethyl adjacent to an activating group) is 1. The minimum absolute atomic E-state index is 0. The molecule has 1 aromatic rings. The number of ether oxygens (including phenoxy) is 1. The molecule has 4 nitrogen and oxygen atoms in total. The van der Waals surface area contributed by atoms with Gasteiger partial charge in [0.05, 0.1) is 0 Å². The van der Waals surface area contributed by atoms with Gasteiger partial charge in [0.15, 0.2) is 6.61 Å². The Morgan fingerprint density at radius 3 is 2.75 bits per heavy atom. The minimum atomic E-state index is -0.126. The summed E-state index contributed by atoms with van der Waals surface area (Å²) < 4.78 is 5.45. The van der Waals surface area contributed by atoms with Crippen molar-refractivity contribution in [2.75, 3.05) is 19.7 Å². The number of hydrogen-bond acceptors (Lipinski definition) is 3. The lowest BCUT2D eigenvalue weighted by Gasteiger charge is -2.14. The van der Waals surface area contributed by atoms with E-state index < -0.39 is 0 Å². The molecular weight excluding hydrogens is 299 g/mol. The van der Waals surface area contributed by atoms with E-state index in [0.29, 0.717) is 17.3 Å². The van der Waals surface area contributed by atoms with Gasteiger partial charge in [-0.1, -0.05) is 18.5 Å². The highest BCUT2D eigenvalue weighted by molar-refractivity contribution is 6.30. The van der Waals surface area contributed by atoms with E-state index in [1.54, 1.807) is 12.1 Å². The van der Waals surface area contributed by atoms with Gasteiger partial charge in [0.1, 0.15) is 5.75 Å². The van der Waals surface area contributed by atoms with Crippen LogP contribution in [0.5, 0.6) is 5.75 Å². The summed E-state index contributed by atoms with van der Waals surface area (Å²) in [7, 11) is 0. The Balaban J connectivity index is 0.00000361. The maximum atomic E-state index is 11.6. The summed E-state index contributed by atoms with van der Waals surface area (Å²) in [6, 6.07) is 5.58. The van der Waals surface area contributed by atoms with Gasteiger partial charge in [-0.3, -0.25) is 4.79 Å². The van der Waals surface area contributed by atoms with Crippen LogP contribution in [0.4, 0.5) is 0 Å². The van der Waals surface area contributed by atoms with E-state index in [4.69, 9.17) is 16.3 Å². The van der Waals surface area contributed by atoms with Crippen molar-refractivity contribution in [1.82, 2.24) is 10.6 Å². The number of benzene rings is 1. The van der Waals surface area contributed by atoms with Gasteiger partial charge in [-0.15, -0.1) is 12.4 Å². The number of aryl methyl sites for hydroxylation is 1. The number of carbonyl (C=O) groups excluding carboxylic acids is 1. The summed E-state index contributed by atoms with van der Waals surface area (Å²) in [5.74, 6) is 0.554. The fourth-order valence-corrected chi connectivity index (χ4v) is 1.88. The molecule has 1 rings (SSSR count). The topological polar surface area (TPSA) is 50.4 Å². The maximum Gasteiger partial charge on any atom is 0.257 e. The number of halogens is 2. The third kappa shape index (κ3) is 6.98. The van der Waals surface area contributed by atoms with Crippen molar-refractivity contribution in [3.8, 4) is 5.75 Å². The molecule has 0 aliphatic carbocycles. The zero-order valence-corrected chi connectivity index (χ0v) is 13.6. The first kappa shape index (κ1) is 19.0. The molecule has 0 aliphatic rings. The van der Waals surface area contributed by atoms with Crippen LogP contribution < -0.4 is 15.4 Å². The third-order valence-electron chi connectivity index (χ3n) is 2.65. The van der Waals surface area contributed by atoms with Gasteiger partial charge in [0.25, 0.3) is 5.91 Å². The second-order valence-electron chi connectivity index (χ2n) is 4.46. The Bertz CT molecular complexity index is 428. The summed E-state index contributed by atoms with van der Waals surface area (Å²) in [6.07, 6.45) is 0. The second-order valence-corrected chi connectivity index (χ2v) is 4.90. The lowest BCUT2D eigenvalue weighted by Crippen LogP contribution is -2.40. The minimum Gasteiger partial charge on any atom is -0.484 e. The van der Waals surface area contributed by atoms with Crippen LogP contribution in [0.3, 0.4) is 0 Å². The summed E-state index contributed by atoms with van der Waals surface area (Å²) >= 11 is 5.85. The van der Waals surface area contributed by atoms with Crippen molar-refractivity contribution < 1.29 is 9.53 Å². The van der Waals surface area contributed by atoms with E-state index in [-0.39, 0.29) is 31.0 Å². The van der Waals surface area contributed by atoms with Crippen LogP contribution in [-0.2, 0) is 4.79 Å². The van der Waals surface area contributed by atoms with Gasteiger partial charge in [-0.25, -0.2) is 0 Å². The molecule has 0 radical (unpaired) electrons. The number of amides is 1. The van der Waals surface area contributed by atoms with Crippen molar-refractivity contribution in [2.24, 2.45) is 0 Å². The van der Waals surface area contributed by atoms with Gasteiger partial charge >= 0.3 is 0 Å². The van der Waals surface area contributed by atoms with E-state index in [1.807, 2.05) is 26.8 Å². The molecule has 0 bridgehead atoms. The number of rotatable bonds is 7. The predicted molar refractivity (Wildman–Crippen MR) is 85.1 cm³/mol. The van der Waals surface area contributed by atoms with Gasteiger partial charge in [0, 0.05) is 17.6 Å². The van der Waals surface area contributed by atoms with Gasteiger partial charge in [-0.05, 0) is 44.2 Å². The first-order valence-corrected chi connectivity index (χ1v) is 6.79. The largest absolute Gasteiger partial charge is 0.484 e. The maximum absolute atomic E-state index is 11.6. The zero-order valence-electron chi connectivity index (χ0n) is 12.0. The van der Waals surface area contributed by atoms with Gasteiger partial charge in [0.2, 0.25) is 0 Å². The number of nitrogens with one attached hydrogen (secondary N) is 2. The summed E-state index contributed by atoms with van der Waals surface area (Å²) in [6.45, 7) is 7.44. The molecule has 114 valence electrons.